The van der Waals surface area contributed by atoms with Gasteiger partial charge in [0.15, 0.2) is 0 Å². The van der Waals surface area contributed by atoms with Crippen LogP contribution in [0.1, 0.15) is 5.56 Å². The molecule has 0 saturated heterocycles. The van der Waals surface area contributed by atoms with Gasteiger partial charge in [-0.1, -0.05) is 11.3 Å². The van der Waals surface area contributed by atoms with E-state index >= 15 is 0 Å². The molecule has 0 aliphatic heterocycles. The van der Waals surface area contributed by atoms with Crippen LogP contribution in [-0.4, -0.2) is 4.92 Å². The van der Waals surface area contributed by atoms with Crippen LogP contribution in [0.3, 0.4) is 0 Å². The lowest BCUT2D eigenvalue weighted by Crippen LogP contribution is -1.90. The van der Waals surface area contributed by atoms with Crippen LogP contribution in [0.5, 0.6) is 0 Å². The highest BCUT2D eigenvalue weighted by Gasteiger charge is 2.10. The van der Waals surface area contributed by atoms with Gasteiger partial charge in [-0.25, -0.2) is 0 Å². The molecule has 1 aromatic carbocycles. The number of hydrogen-bond donors (Lipinski definition) is 1. The summed E-state index contributed by atoms with van der Waals surface area (Å²) in [6.07, 6.45) is 0. The average molecular weight is 180 g/mol. The number of nitrogens with zero attached hydrogens (tertiary/aromatic N) is 3. The first-order chi connectivity index (χ1) is 6.15. The second-order valence-corrected chi connectivity index (χ2v) is 2.44. The Morgan fingerprint density at radius 1 is 1.54 bits per heavy atom. The molecule has 1 rings (SSSR count). The molecule has 0 amide bonds. The summed E-state index contributed by atoms with van der Waals surface area (Å²) in [5.74, 6) is 4.81. The maximum absolute atomic E-state index is 10.5. The van der Waals surface area contributed by atoms with Crippen molar-refractivity contribution in [3.8, 4) is 0 Å². The maximum atomic E-state index is 10.5. The van der Waals surface area contributed by atoms with Crippen molar-refractivity contribution in [3.63, 3.8) is 0 Å². The van der Waals surface area contributed by atoms with Crippen LogP contribution in [0.4, 0.5) is 11.4 Å². The van der Waals surface area contributed by atoms with Crippen LogP contribution in [0.2, 0.25) is 0 Å². The highest BCUT2D eigenvalue weighted by molar-refractivity contribution is 5.51. The zero-order chi connectivity index (χ0) is 9.84. The van der Waals surface area contributed by atoms with Crippen molar-refractivity contribution in [3.05, 3.63) is 33.9 Å². The molecule has 0 aromatic heterocycles. The Hall–Kier alpha value is -1.98. The molecule has 6 nitrogen and oxygen atoms in total. The lowest BCUT2D eigenvalue weighted by molar-refractivity contribution is -0.385. The zero-order valence-corrected chi connectivity index (χ0v) is 6.97. The third-order valence-electron chi connectivity index (χ3n) is 1.56. The summed E-state index contributed by atoms with van der Waals surface area (Å²) in [4.78, 5) is 10.0. The van der Waals surface area contributed by atoms with Crippen LogP contribution in [0.15, 0.2) is 28.5 Å². The van der Waals surface area contributed by atoms with Gasteiger partial charge in [0, 0.05) is 11.6 Å². The molecule has 0 unspecified atom stereocenters. The summed E-state index contributed by atoms with van der Waals surface area (Å²) < 4.78 is 0. The zero-order valence-electron chi connectivity index (χ0n) is 6.97. The Kier molecular flexibility index (Phi) is 2.53. The molecule has 0 aliphatic rings. The minimum absolute atomic E-state index is 0.0184. The van der Waals surface area contributed by atoms with Gasteiger partial charge in [-0.2, -0.15) is 0 Å². The number of nitro benzene ring substituents is 1. The van der Waals surface area contributed by atoms with Gasteiger partial charge < -0.3 is 5.84 Å². The Labute approximate surface area is 74.2 Å². The fraction of sp³-hybridized carbons (Fsp3) is 0.143. The topological polar surface area (TPSA) is 93.9 Å². The van der Waals surface area contributed by atoms with E-state index in [-0.39, 0.29) is 5.69 Å². The van der Waals surface area contributed by atoms with Gasteiger partial charge in [-0.15, -0.1) is 5.11 Å². The minimum atomic E-state index is -0.467. The minimum Gasteiger partial charge on any atom is -0.305 e. The van der Waals surface area contributed by atoms with Crippen molar-refractivity contribution < 1.29 is 4.92 Å². The van der Waals surface area contributed by atoms with E-state index in [4.69, 9.17) is 5.84 Å². The molecular weight excluding hydrogens is 172 g/mol. The van der Waals surface area contributed by atoms with Gasteiger partial charge >= 0.3 is 0 Å². The van der Waals surface area contributed by atoms with Crippen LogP contribution in [-0.2, 0) is 0 Å². The molecule has 13 heavy (non-hydrogen) atoms. The molecule has 0 heterocycles. The lowest BCUT2D eigenvalue weighted by Gasteiger charge is -1.96. The molecule has 0 atom stereocenters. The summed E-state index contributed by atoms with van der Waals surface area (Å²) >= 11 is 0. The van der Waals surface area contributed by atoms with Gasteiger partial charge in [0.25, 0.3) is 5.69 Å². The van der Waals surface area contributed by atoms with E-state index in [9.17, 15) is 10.1 Å². The highest BCUT2D eigenvalue weighted by Crippen LogP contribution is 2.23. The van der Waals surface area contributed by atoms with E-state index in [0.717, 1.165) is 0 Å². The summed E-state index contributed by atoms with van der Waals surface area (Å²) in [5, 5.41) is 17.0. The second-order valence-electron chi connectivity index (χ2n) is 2.44. The van der Waals surface area contributed by atoms with Crippen molar-refractivity contribution >= 4 is 11.4 Å². The van der Waals surface area contributed by atoms with Crippen molar-refractivity contribution in [1.82, 2.24) is 0 Å². The third kappa shape index (κ3) is 1.98. The number of rotatable bonds is 2. The van der Waals surface area contributed by atoms with Crippen LogP contribution < -0.4 is 5.84 Å². The summed E-state index contributed by atoms with van der Waals surface area (Å²) in [7, 11) is 0. The SMILES string of the molecule is Cc1ccc(N=NN)cc1[N+](=O)[O-]. The van der Waals surface area contributed by atoms with E-state index < -0.39 is 4.92 Å². The quantitative estimate of drug-likeness (QED) is 0.325. The standard InChI is InChI=1S/C7H8N4O2/c1-5-2-3-6(9-10-8)4-7(5)11(12)13/h2-4H,1H3,(H2,8,9). The maximum Gasteiger partial charge on any atom is 0.274 e. The van der Waals surface area contributed by atoms with Gasteiger partial charge in [0.05, 0.1) is 10.6 Å². The van der Waals surface area contributed by atoms with Crippen LogP contribution in [0.25, 0.3) is 0 Å². The van der Waals surface area contributed by atoms with Crippen LogP contribution in [0, 0.1) is 17.0 Å². The van der Waals surface area contributed by atoms with Gasteiger partial charge in [0.2, 0.25) is 0 Å². The second kappa shape index (κ2) is 3.61. The first-order valence-electron chi connectivity index (χ1n) is 3.51. The monoisotopic (exact) mass is 180 g/mol. The van der Waals surface area contributed by atoms with E-state index in [1.54, 1.807) is 19.1 Å². The van der Waals surface area contributed by atoms with E-state index in [2.05, 4.69) is 10.3 Å². The van der Waals surface area contributed by atoms with E-state index in [1.165, 1.54) is 6.07 Å². The summed E-state index contributed by atoms with van der Waals surface area (Å²) in [6, 6.07) is 4.53. The Morgan fingerprint density at radius 2 is 2.23 bits per heavy atom. The number of benzene rings is 1. The normalized spacial score (nSPS) is 10.5. The third-order valence-corrected chi connectivity index (χ3v) is 1.56. The molecule has 0 spiro atoms. The predicted molar refractivity (Wildman–Crippen MR) is 46.5 cm³/mol. The Bertz CT molecular complexity index is 362. The number of nitro groups is 1. The molecule has 6 heteroatoms. The highest BCUT2D eigenvalue weighted by atomic mass is 16.6. The summed E-state index contributed by atoms with van der Waals surface area (Å²) in [6.45, 7) is 1.65. The number of hydrogen-bond acceptors (Lipinski definition) is 4. The van der Waals surface area contributed by atoms with Crippen LogP contribution >= 0.6 is 0 Å². The van der Waals surface area contributed by atoms with Crippen molar-refractivity contribution in [2.24, 2.45) is 16.2 Å². The molecule has 1 aromatic rings. The predicted octanol–water partition coefficient (Wildman–Crippen LogP) is 1.86. The number of aryl methyl sites for hydroxylation is 1. The summed E-state index contributed by atoms with van der Waals surface area (Å²) in [5.41, 5.74) is 0.977. The van der Waals surface area contributed by atoms with Crippen molar-refractivity contribution in [2.45, 2.75) is 6.92 Å². The largest absolute Gasteiger partial charge is 0.305 e. The van der Waals surface area contributed by atoms with Gasteiger partial charge in [-0.3, -0.25) is 10.1 Å². The molecular formula is C7H8N4O2. The molecule has 0 saturated carbocycles. The Balaban J connectivity index is 3.18. The molecule has 0 bridgehead atoms. The van der Waals surface area contributed by atoms with Gasteiger partial charge in [0.1, 0.15) is 0 Å². The van der Waals surface area contributed by atoms with Gasteiger partial charge in [-0.05, 0) is 13.0 Å². The molecule has 0 aliphatic carbocycles. The molecule has 2 N–H and O–H groups in total. The number of nitrogens with two attached hydrogens (primary N) is 1. The first-order valence-corrected chi connectivity index (χ1v) is 3.51. The van der Waals surface area contributed by atoms with E-state index in [1.807, 2.05) is 0 Å². The average Bonchev–Trinajstić information content (AvgIpc) is 2.08. The fourth-order valence-corrected chi connectivity index (χ4v) is 0.923. The van der Waals surface area contributed by atoms with Crippen molar-refractivity contribution in [2.75, 3.05) is 0 Å². The Morgan fingerprint density at radius 3 is 2.77 bits per heavy atom. The first kappa shape index (κ1) is 9.11. The van der Waals surface area contributed by atoms with Crippen molar-refractivity contribution in [1.29, 1.82) is 0 Å². The fourth-order valence-electron chi connectivity index (χ4n) is 0.923. The molecule has 68 valence electrons. The lowest BCUT2D eigenvalue weighted by atomic mass is 10.2. The smallest absolute Gasteiger partial charge is 0.274 e. The van der Waals surface area contributed by atoms with E-state index in [0.29, 0.717) is 11.3 Å². The molecule has 0 radical (unpaired) electrons. The molecule has 0 fully saturated rings.